The molecule has 10 nitrogen and oxygen atoms in total. The number of aliphatic hydroxyl groups is 2. The van der Waals surface area contributed by atoms with Crippen molar-refractivity contribution >= 4 is 23.5 Å². The molecule has 4 bridgehead atoms. The number of hydrogen-bond donors (Lipinski definition) is 2. The Bertz CT molecular complexity index is 2280. The van der Waals surface area contributed by atoms with Gasteiger partial charge in [-0.25, -0.2) is 0 Å². The number of carbonyl (C=O) groups excluding carboxylic acids is 4. The van der Waals surface area contributed by atoms with Gasteiger partial charge in [0.1, 0.15) is 23.8 Å². The van der Waals surface area contributed by atoms with Crippen LogP contribution >= 0.6 is 0 Å². The van der Waals surface area contributed by atoms with Crippen molar-refractivity contribution in [2.45, 2.75) is 196 Å². The molecule has 6 saturated carbocycles. The SMILES string of the molecule is C=C[C@]1(C)C[C@@H](OC(=O)CCc2cccc(C[NH-])c2)[C@]2(C)C(C)CCC3(CCC(=O)C32)[C@@H](C)[C@@H]1O.CC[C@]1(C)C[C@@H](OC(=O)CCc2cccc(C[NH-])c2)[C@]2(C)C(C)CCC3(CCC(=O)C32)[C@@H](C)[C@@H]1O.[Y].[Y]. The van der Waals surface area contributed by atoms with Crippen LogP contribution in [0, 0.1) is 68.0 Å². The summed E-state index contributed by atoms with van der Waals surface area (Å²) in [4.78, 5) is 53.4. The maximum atomic E-state index is 13.5. The summed E-state index contributed by atoms with van der Waals surface area (Å²) >= 11 is 0. The Hall–Kier alpha value is -1.49. The first-order valence-electron chi connectivity index (χ1n) is 26.9. The van der Waals surface area contributed by atoms with E-state index >= 15 is 0 Å². The van der Waals surface area contributed by atoms with Crippen LogP contribution in [0.15, 0.2) is 61.2 Å². The van der Waals surface area contributed by atoms with Crippen LogP contribution in [0.3, 0.4) is 0 Å². The Morgan fingerprint density at radius 3 is 1.47 bits per heavy atom. The number of nitrogens with one attached hydrogen (secondary N) is 2. The minimum Gasteiger partial charge on any atom is -0.674 e. The van der Waals surface area contributed by atoms with E-state index in [9.17, 15) is 29.4 Å². The molecule has 0 spiro atoms. The first-order valence-corrected chi connectivity index (χ1v) is 26.9. The van der Waals surface area contributed by atoms with Gasteiger partial charge in [-0.05, 0) is 122 Å². The minimum absolute atomic E-state index is 0. The van der Waals surface area contributed by atoms with Crippen molar-refractivity contribution in [1.29, 1.82) is 0 Å². The predicted molar refractivity (Wildman–Crippen MR) is 275 cm³/mol. The number of rotatable bonds is 12. The Labute approximate surface area is 482 Å². The van der Waals surface area contributed by atoms with E-state index in [1.165, 1.54) is 0 Å². The molecule has 6 unspecified atom stereocenters. The molecule has 0 heterocycles. The predicted octanol–water partition coefficient (Wildman–Crippen LogP) is 12.4. The number of aryl methyl sites for hydroxylation is 2. The smallest absolute Gasteiger partial charge is 0.306 e. The summed E-state index contributed by atoms with van der Waals surface area (Å²) in [5.74, 6) is 0.189. The average Bonchev–Trinajstić information content (AvgIpc) is 3.91. The van der Waals surface area contributed by atoms with Crippen molar-refractivity contribution in [2.75, 3.05) is 0 Å². The van der Waals surface area contributed by atoms with Crippen LogP contribution in [-0.2, 0) is 120 Å². The molecule has 2 aromatic rings. The topological polar surface area (TPSA) is 175 Å². The third kappa shape index (κ3) is 11.0. The molecule has 0 amide bonds. The zero-order chi connectivity index (χ0) is 51.2. The van der Waals surface area contributed by atoms with Gasteiger partial charge in [0, 0.05) is 119 Å². The standard InChI is InChI=1S/C30H44NO4.C30H42NO4.2Y/c2*1-6-28(4)17-24(35-25(33)11-10-21-8-7-9-22(16-21)18-31)29(5)19(2)12-14-30(20(3)27(28)34)15-13-23(32)26(29)30;;/h7-9,16,19-20,24,26-27,31,34H,6,10-15,17-18H2,1-5H3;6-9,16,19-20,24,26-27,31,34H,1,10-15,17-18H2,2-5H3;;/q2*-1;;/t2*19?,20-,24+,26?,27-,28+,29-,30?;;/m00../s1. The molecule has 2 aromatic carbocycles. The summed E-state index contributed by atoms with van der Waals surface area (Å²) in [5, 5.41) is 23.3. The monoisotopic (exact) mass is 1140 g/mol. The maximum absolute atomic E-state index is 13.5. The molecule has 72 heavy (non-hydrogen) atoms. The van der Waals surface area contributed by atoms with Crippen LogP contribution in [0.4, 0.5) is 0 Å². The van der Waals surface area contributed by atoms with Crippen LogP contribution < -0.4 is 0 Å². The van der Waals surface area contributed by atoms with Gasteiger partial charge in [0.2, 0.25) is 0 Å². The summed E-state index contributed by atoms with van der Waals surface area (Å²) in [5.41, 5.74) is 16.7. The van der Waals surface area contributed by atoms with Gasteiger partial charge in [-0.2, -0.15) is 0 Å². The molecule has 6 aliphatic rings. The van der Waals surface area contributed by atoms with Crippen molar-refractivity contribution in [3.63, 3.8) is 0 Å². The summed E-state index contributed by atoms with van der Waals surface area (Å²) < 4.78 is 12.7. The molecule has 6 aliphatic carbocycles. The van der Waals surface area contributed by atoms with Crippen LogP contribution in [0.1, 0.15) is 168 Å². The van der Waals surface area contributed by atoms with Gasteiger partial charge in [0.15, 0.2) is 0 Å². The van der Waals surface area contributed by atoms with Gasteiger partial charge in [0.05, 0.1) is 12.2 Å². The average molecular weight is 1140 g/mol. The fraction of sp³-hybridized carbons (Fsp3) is 0.700. The molecular formula is C60H86N2O8Y2-2. The van der Waals surface area contributed by atoms with E-state index in [0.717, 1.165) is 67.2 Å². The fourth-order valence-corrected chi connectivity index (χ4v) is 15.9. The van der Waals surface area contributed by atoms with E-state index in [2.05, 4.69) is 62.0 Å². The molecule has 392 valence electrons. The first-order chi connectivity index (χ1) is 33.0. The molecule has 12 heteroatoms. The number of hydrogen-bond acceptors (Lipinski definition) is 8. The number of Topliss-reactive ketones (excluding diaryl/α,β-unsaturated/α-hetero) is 2. The van der Waals surface area contributed by atoms with Gasteiger partial charge in [-0.1, -0.05) is 128 Å². The van der Waals surface area contributed by atoms with Crippen molar-refractivity contribution in [3.05, 3.63) is 94.9 Å². The molecule has 0 aromatic heterocycles. The Morgan fingerprint density at radius 2 is 1.07 bits per heavy atom. The molecule has 8 rings (SSSR count). The number of carbonyl (C=O) groups is 4. The summed E-state index contributed by atoms with van der Waals surface area (Å²) in [6, 6.07) is 15.6. The van der Waals surface area contributed by atoms with E-state index in [4.69, 9.17) is 20.9 Å². The van der Waals surface area contributed by atoms with E-state index in [0.29, 0.717) is 44.3 Å². The third-order valence-corrected chi connectivity index (χ3v) is 21.2. The Balaban J connectivity index is 0.000000260. The molecular weight excluding hydrogens is 1050 g/mol. The van der Waals surface area contributed by atoms with Gasteiger partial charge in [-0.15, -0.1) is 19.7 Å². The summed E-state index contributed by atoms with van der Waals surface area (Å²) in [7, 11) is 0. The van der Waals surface area contributed by atoms with Gasteiger partial charge >= 0.3 is 11.9 Å². The second-order valence-corrected chi connectivity index (χ2v) is 24.4. The van der Waals surface area contributed by atoms with Crippen LogP contribution in [0.25, 0.3) is 11.5 Å². The third-order valence-electron chi connectivity index (χ3n) is 21.2. The maximum Gasteiger partial charge on any atom is 0.306 e. The van der Waals surface area contributed by atoms with E-state index in [-0.39, 0.29) is 161 Å². The Kier molecular flexibility index (Phi) is 20.5. The molecule has 4 N–H and O–H groups in total. The van der Waals surface area contributed by atoms with E-state index in [1.807, 2.05) is 61.5 Å². The van der Waals surface area contributed by atoms with Crippen molar-refractivity contribution in [1.82, 2.24) is 0 Å². The molecule has 2 radical (unpaired) electrons. The largest absolute Gasteiger partial charge is 0.674 e. The zero-order valence-corrected chi connectivity index (χ0v) is 50.9. The quantitative estimate of drug-likeness (QED) is 0.156. The normalized spacial score (nSPS) is 39.9. The van der Waals surface area contributed by atoms with E-state index < -0.39 is 40.7 Å². The van der Waals surface area contributed by atoms with Crippen molar-refractivity contribution < 1.29 is 104 Å². The van der Waals surface area contributed by atoms with E-state index in [1.54, 1.807) is 0 Å². The van der Waals surface area contributed by atoms with Crippen LogP contribution in [0.5, 0.6) is 0 Å². The number of esters is 2. The van der Waals surface area contributed by atoms with Crippen molar-refractivity contribution in [2.24, 2.45) is 68.0 Å². The molecule has 6 fully saturated rings. The van der Waals surface area contributed by atoms with Crippen LogP contribution in [-0.4, -0.2) is 58.1 Å². The first kappa shape index (κ1) is 61.4. The number of ketones is 2. The summed E-state index contributed by atoms with van der Waals surface area (Å²) in [6.45, 7) is 23.9. The summed E-state index contributed by atoms with van der Waals surface area (Å²) in [6.07, 6.45) is 9.86. The Morgan fingerprint density at radius 1 is 0.667 bits per heavy atom. The number of aliphatic hydroxyl groups excluding tert-OH is 2. The van der Waals surface area contributed by atoms with Crippen molar-refractivity contribution in [3.8, 4) is 0 Å². The van der Waals surface area contributed by atoms with Gasteiger partial charge in [0.25, 0.3) is 0 Å². The van der Waals surface area contributed by atoms with Gasteiger partial charge in [-0.3, -0.25) is 19.2 Å². The second-order valence-electron chi connectivity index (χ2n) is 24.4. The molecule has 16 atom stereocenters. The minimum atomic E-state index is -0.653. The zero-order valence-electron chi connectivity index (χ0n) is 45.2. The molecule has 0 saturated heterocycles. The molecule has 0 aliphatic heterocycles. The van der Waals surface area contributed by atoms with Crippen LogP contribution in [0.2, 0.25) is 0 Å². The van der Waals surface area contributed by atoms with Gasteiger partial charge < -0.3 is 31.2 Å². The number of benzene rings is 2. The fourth-order valence-electron chi connectivity index (χ4n) is 15.9. The number of ether oxygens (including phenoxy) is 2. The second kappa shape index (κ2) is 24.0.